The third-order valence-electron chi connectivity index (χ3n) is 4.08. The van der Waals surface area contributed by atoms with Crippen molar-refractivity contribution in [2.24, 2.45) is 0 Å². The van der Waals surface area contributed by atoms with Crippen LogP contribution in [0, 0.1) is 20.2 Å². The molecule has 1 amide bonds. The second-order valence-electron chi connectivity index (χ2n) is 6.66. The van der Waals surface area contributed by atoms with Gasteiger partial charge in [-0.1, -0.05) is 41.3 Å². The minimum Gasteiger partial charge on any atom is -0.341 e. The van der Waals surface area contributed by atoms with Crippen LogP contribution in [0.15, 0.2) is 64.5 Å². The minimum atomic E-state index is -0.836. The zero-order valence-corrected chi connectivity index (χ0v) is 17.5. The molecule has 3 rings (SSSR count). The lowest BCUT2D eigenvalue weighted by Gasteiger charge is -2.25. The van der Waals surface area contributed by atoms with Crippen LogP contribution in [0.1, 0.15) is 29.2 Å². The van der Waals surface area contributed by atoms with Gasteiger partial charge in [0.05, 0.1) is 26.0 Å². The average molecular weight is 444 g/mol. The lowest BCUT2D eigenvalue weighted by molar-refractivity contribution is -0.387. The van der Waals surface area contributed by atoms with E-state index in [0.717, 1.165) is 23.1 Å². The minimum absolute atomic E-state index is 0.105. The number of aromatic nitrogens is 1. The summed E-state index contributed by atoms with van der Waals surface area (Å²) in [6.07, 6.45) is 1.61. The molecule has 0 saturated heterocycles. The average Bonchev–Trinajstić information content (AvgIpc) is 3.13. The van der Waals surface area contributed by atoms with Crippen molar-refractivity contribution in [1.82, 2.24) is 10.3 Å². The SMILES string of the molecule is CC(C)(NC(=O)c1sc([N+](=O)[O-])cc1Sc1ccccc1[N+](=O)[O-])c1ccccn1. The van der Waals surface area contributed by atoms with Gasteiger partial charge in [0.1, 0.15) is 4.88 Å². The fourth-order valence-electron chi connectivity index (χ4n) is 2.64. The smallest absolute Gasteiger partial charge is 0.326 e. The van der Waals surface area contributed by atoms with E-state index >= 15 is 0 Å². The second-order valence-corrected chi connectivity index (χ2v) is 8.77. The molecule has 0 radical (unpaired) electrons. The summed E-state index contributed by atoms with van der Waals surface area (Å²) in [4.78, 5) is 39.4. The van der Waals surface area contributed by atoms with Gasteiger partial charge in [-0.15, -0.1) is 0 Å². The van der Waals surface area contributed by atoms with Crippen molar-refractivity contribution < 1.29 is 14.6 Å². The van der Waals surface area contributed by atoms with Gasteiger partial charge in [-0.05, 0) is 32.0 Å². The maximum Gasteiger partial charge on any atom is 0.326 e. The first-order chi connectivity index (χ1) is 14.2. The molecule has 2 aromatic heterocycles. The van der Waals surface area contributed by atoms with Gasteiger partial charge in [0.25, 0.3) is 11.6 Å². The predicted molar refractivity (Wildman–Crippen MR) is 113 cm³/mol. The van der Waals surface area contributed by atoms with E-state index in [1.807, 2.05) is 0 Å². The molecule has 2 heterocycles. The molecule has 30 heavy (non-hydrogen) atoms. The summed E-state index contributed by atoms with van der Waals surface area (Å²) < 4.78 is 0. The number of hydrogen-bond acceptors (Lipinski definition) is 8. The zero-order valence-electron chi connectivity index (χ0n) is 15.9. The number of benzene rings is 1. The zero-order chi connectivity index (χ0) is 21.9. The van der Waals surface area contributed by atoms with Crippen molar-refractivity contribution in [3.63, 3.8) is 0 Å². The van der Waals surface area contributed by atoms with Crippen LogP contribution in [0.4, 0.5) is 10.7 Å². The predicted octanol–water partition coefficient (Wildman–Crippen LogP) is 4.78. The number of rotatable bonds is 7. The number of pyridine rings is 1. The number of amides is 1. The molecular formula is C19H16N4O5S2. The van der Waals surface area contributed by atoms with Gasteiger partial charge in [-0.2, -0.15) is 0 Å². The first kappa shape index (κ1) is 21.4. The summed E-state index contributed by atoms with van der Waals surface area (Å²) in [6, 6.07) is 12.6. The van der Waals surface area contributed by atoms with E-state index in [-0.39, 0.29) is 25.4 Å². The first-order valence-corrected chi connectivity index (χ1v) is 10.3. The van der Waals surface area contributed by atoms with E-state index in [2.05, 4.69) is 10.3 Å². The van der Waals surface area contributed by atoms with Gasteiger partial charge < -0.3 is 5.32 Å². The Bertz CT molecular complexity index is 1120. The van der Waals surface area contributed by atoms with Crippen molar-refractivity contribution in [2.45, 2.75) is 29.2 Å². The molecule has 0 saturated carbocycles. The monoisotopic (exact) mass is 444 g/mol. The molecule has 0 atom stereocenters. The van der Waals surface area contributed by atoms with E-state index in [1.165, 1.54) is 24.3 Å². The molecule has 11 heteroatoms. The summed E-state index contributed by atoms with van der Waals surface area (Å²) in [7, 11) is 0. The Balaban J connectivity index is 1.96. The van der Waals surface area contributed by atoms with E-state index in [0.29, 0.717) is 5.69 Å². The molecule has 9 nitrogen and oxygen atoms in total. The Kier molecular flexibility index (Phi) is 6.13. The Labute approximate surface area is 179 Å². The fourth-order valence-corrected chi connectivity index (χ4v) is 4.71. The Hall–Kier alpha value is -3.31. The molecule has 0 spiro atoms. The number of nitrogens with one attached hydrogen (secondary N) is 1. The maximum absolute atomic E-state index is 13.0. The molecular weight excluding hydrogens is 428 g/mol. The van der Waals surface area contributed by atoms with Crippen LogP contribution >= 0.6 is 23.1 Å². The number of para-hydroxylation sites is 1. The van der Waals surface area contributed by atoms with E-state index in [1.54, 1.807) is 44.3 Å². The molecule has 1 N–H and O–H groups in total. The largest absolute Gasteiger partial charge is 0.341 e. The summed E-state index contributed by atoms with van der Waals surface area (Å²) in [5.74, 6) is -0.523. The van der Waals surface area contributed by atoms with Crippen LogP contribution < -0.4 is 5.32 Å². The molecule has 0 aliphatic rings. The van der Waals surface area contributed by atoms with Gasteiger partial charge >= 0.3 is 5.00 Å². The molecule has 0 unspecified atom stereocenters. The maximum atomic E-state index is 13.0. The van der Waals surface area contributed by atoms with Crippen LogP contribution in [0.5, 0.6) is 0 Å². The van der Waals surface area contributed by atoms with E-state index in [4.69, 9.17) is 0 Å². The number of nitrogens with zero attached hydrogens (tertiary/aromatic N) is 3. The number of nitro benzene ring substituents is 1. The van der Waals surface area contributed by atoms with Crippen LogP contribution in [0.25, 0.3) is 0 Å². The molecule has 0 aliphatic carbocycles. The highest BCUT2D eigenvalue weighted by Crippen LogP contribution is 2.42. The van der Waals surface area contributed by atoms with Crippen LogP contribution in [-0.4, -0.2) is 20.7 Å². The lowest BCUT2D eigenvalue weighted by Crippen LogP contribution is -2.41. The van der Waals surface area contributed by atoms with Gasteiger partial charge in [0, 0.05) is 23.2 Å². The molecule has 0 bridgehead atoms. The highest BCUT2D eigenvalue weighted by atomic mass is 32.2. The fraction of sp³-hybridized carbons (Fsp3) is 0.158. The summed E-state index contributed by atoms with van der Waals surface area (Å²) in [5, 5.41) is 25.2. The second kappa shape index (κ2) is 8.59. The van der Waals surface area contributed by atoms with Gasteiger partial charge in [0.2, 0.25) is 0 Å². The third-order valence-corrected chi connectivity index (χ3v) is 6.41. The Morgan fingerprint density at radius 2 is 1.77 bits per heavy atom. The Morgan fingerprint density at radius 3 is 2.40 bits per heavy atom. The highest BCUT2D eigenvalue weighted by Gasteiger charge is 2.30. The Morgan fingerprint density at radius 1 is 1.07 bits per heavy atom. The number of nitro groups is 2. The molecule has 0 aliphatic heterocycles. The van der Waals surface area contributed by atoms with Crippen molar-refractivity contribution in [1.29, 1.82) is 0 Å². The topological polar surface area (TPSA) is 128 Å². The van der Waals surface area contributed by atoms with Crippen LogP contribution in [0.2, 0.25) is 0 Å². The molecule has 3 aromatic rings. The first-order valence-electron chi connectivity index (χ1n) is 8.62. The molecule has 1 aromatic carbocycles. The van der Waals surface area contributed by atoms with E-state index in [9.17, 15) is 25.0 Å². The van der Waals surface area contributed by atoms with E-state index < -0.39 is 21.3 Å². The summed E-state index contributed by atoms with van der Waals surface area (Å²) >= 11 is 1.67. The van der Waals surface area contributed by atoms with Crippen molar-refractivity contribution in [3.8, 4) is 0 Å². The standard InChI is InChI=1S/C19H16N4O5S2/c1-19(2,15-9-5-6-10-20-15)21-18(24)17-14(11-16(30-17)23(27)28)29-13-8-4-3-7-12(13)22(25)26/h3-11H,1-2H3,(H,21,24). The normalized spacial score (nSPS) is 11.1. The number of thiophene rings is 1. The number of carbonyl (C=O) groups excluding carboxylic acids is 1. The van der Waals surface area contributed by atoms with Crippen molar-refractivity contribution >= 4 is 39.7 Å². The lowest BCUT2D eigenvalue weighted by atomic mass is 10.00. The molecule has 0 fully saturated rings. The quantitative estimate of drug-likeness (QED) is 0.410. The number of carbonyl (C=O) groups is 1. The van der Waals surface area contributed by atoms with Gasteiger partial charge in [-0.3, -0.25) is 30.0 Å². The van der Waals surface area contributed by atoms with Crippen molar-refractivity contribution in [3.05, 3.63) is 85.5 Å². The van der Waals surface area contributed by atoms with Crippen LogP contribution in [0.3, 0.4) is 0 Å². The van der Waals surface area contributed by atoms with Gasteiger partial charge in [-0.25, -0.2) is 0 Å². The van der Waals surface area contributed by atoms with Crippen molar-refractivity contribution in [2.75, 3.05) is 0 Å². The highest BCUT2D eigenvalue weighted by molar-refractivity contribution is 7.99. The third kappa shape index (κ3) is 4.63. The van der Waals surface area contributed by atoms with Crippen LogP contribution in [-0.2, 0) is 5.54 Å². The number of hydrogen-bond donors (Lipinski definition) is 1. The summed E-state index contributed by atoms with van der Waals surface area (Å²) in [6.45, 7) is 3.54. The van der Waals surface area contributed by atoms with Gasteiger partial charge in [0.15, 0.2) is 0 Å². The summed E-state index contributed by atoms with van der Waals surface area (Å²) in [5.41, 5.74) is -0.355. The molecule has 154 valence electrons.